The summed E-state index contributed by atoms with van der Waals surface area (Å²) >= 11 is 0.561. The molecule has 8 rings (SSSR count). The van der Waals surface area contributed by atoms with Gasteiger partial charge in [-0.3, -0.25) is 32.5 Å². The first-order valence-corrected chi connectivity index (χ1v) is 22.2. The van der Waals surface area contributed by atoms with Crippen LogP contribution >= 0.6 is 26.0 Å². The number of aromatic nitrogens is 6. The number of quaternary nitrogens is 1. The maximum absolute atomic E-state index is 16.4. The number of nitrogen functional groups attached to an aromatic ring is 1. The molecular weight excluding hydrogens is 860 g/mol. The molecule has 0 aliphatic carbocycles. The number of hydrogen-bond acceptors (Lipinski definition) is 18. The third-order valence-electron chi connectivity index (χ3n) is 9.42. The zero-order valence-electron chi connectivity index (χ0n) is 31.3. The molecule has 6 heterocycles. The highest BCUT2D eigenvalue weighted by Gasteiger charge is 2.54. The summed E-state index contributed by atoms with van der Waals surface area (Å²) in [5.41, 5.74) is 5.96. The number of aryl methyl sites for hydroxylation is 1. The van der Waals surface area contributed by atoms with Crippen LogP contribution in [-0.4, -0.2) is 85.0 Å². The van der Waals surface area contributed by atoms with E-state index in [-0.39, 0.29) is 34.6 Å². The maximum Gasteiger partial charge on any atom is 0.389 e. The number of phosphoric ester groups is 1. The van der Waals surface area contributed by atoms with Crippen LogP contribution in [-0.2, 0) is 42.5 Å². The highest BCUT2D eigenvalue weighted by Crippen LogP contribution is 2.64. The number of fused-ring (bicyclic) bond motifs is 4. The fourth-order valence-corrected chi connectivity index (χ4v) is 10.7. The van der Waals surface area contributed by atoms with E-state index in [1.807, 2.05) is 11.9 Å². The molecule has 2 aromatic carbocycles. The third-order valence-corrected chi connectivity index (χ3v) is 14.0. The number of phosphoric acid groups is 1. The molecule has 3 aliphatic heterocycles. The van der Waals surface area contributed by atoms with Gasteiger partial charge in [-0.2, -0.15) is 0 Å². The number of carbonyl (C=O) groups is 1. The summed E-state index contributed by atoms with van der Waals surface area (Å²) in [4.78, 5) is 64.3. The van der Waals surface area contributed by atoms with Crippen LogP contribution in [0.15, 0.2) is 83.0 Å². The predicted octanol–water partition coefficient (Wildman–Crippen LogP) is 3.66. The van der Waals surface area contributed by atoms with Crippen LogP contribution in [0.2, 0.25) is 0 Å². The summed E-state index contributed by atoms with van der Waals surface area (Å²) in [7, 11) is -5.52. The molecule has 320 valence electrons. The first kappa shape index (κ1) is 43.4. The second-order valence-corrected chi connectivity index (χ2v) is 18.8. The molecule has 2 bridgehead atoms. The van der Waals surface area contributed by atoms with Gasteiger partial charge in [0.1, 0.15) is 42.0 Å². The van der Waals surface area contributed by atoms with Gasteiger partial charge in [-0.15, -0.1) is 0 Å². The Morgan fingerprint density at radius 3 is 2.38 bits per heavy atom. The molecule has 3 aliphatic rings. The second kappa shape index (κ2) is 17.3. The van der Waals surface area contributed by atoms with Gasteiger partial charge in [0.15, 0.2) is 36.3 Å². The molecule has 5 aromatic rings. The number of rotatable bonds is 7. The smallest absolute Gasteiger partial charge is 0.389 e. The second-order valence-electron chi connectivity index (χ2n) is 13.4. The number of ether oxygens (including phenoxy) is 3. The Morgan fingerprint density at radius 1 is 0.933 bits per heavy atom. The Balaban J connectivity index is 0.00000544. The molecular formula is C34H36F2N8O13P2S. The van der Waals surface area contributed by atoms with Gasteiger partial charge < -0.3 is 40.0 Å². The van der Waals surface area contributed by atoms with Gasteiger partial charge in [0, 0.05) is 18.0 Å². The summed E-state index contributed by atoms with van der Waals surface area (Å²) in [6.07, 6.45) is -12.1. The van der Waals surface area contributed by atoms with E-state index in [9.17, 15) is 28.4 Å². The fourth-order valence-electron chi connectivity index (χ4n) is 6.45. The van der Waals surface area contributed by atoms with Crippen molar-refractivity contribution in [2.45, 2.75) is 61.9 Å². The zero-order chi connectivity index (χ0) is 41.6. The average Bonchev–Trinajstić information content (AvgIpc) is 3.86. The normalized spacial score (nSPS) is 30.7. The number of esters is 1. The summed E-state index contributed by atoms with van der Waals surface area (Å²) in [5, 5.41) is 0. The number of benzene rings is 2. The summed E-state index contributed by atoms with van der Waals surface area (Å²) in [5.74, 6) is -0.553. The van der Waals surface area contributed by atoms with Crippen molar-refractivity contribution in [2.75, 3.05) is 18.9 Å². The lowest BCUT2D eigenvalue weighted by Gasteiger charge is -2.31. The first-order chi connectivity index (χ1) is 28.2. The topological polar surface area (TPSA) is 300 Å². The van der Waals surface area contributed by atoms with Crippen LogP contribution in [0.1, 0.15) is 33.9 Å². The number of hydrogen-bond donors (Lipinski definition) is 3. The first-order valence-electron chi connectivity index (χ1n) is 17.6. The van der Waals surface area contributed by atoms with Crippen LogP contribution < -0.4 is 32.8 Å². The maximum atomic E-state index is 16.4. The lowest BCUT2D eigenvalue weighted by Crippen LogP contribution is -2.36. The van der Waals surface area contributed by atoms with E-state index in [0.29, 0.717) is 27.1 Å². The summed E-state index contributed by atoms with van der Waals surface area (Å²) in [6, 6.07) is 13.8. The van der Waals surface area contributed by atoms with Crippen LogP contribution in [0.25, 0.3) is 11.2 Å². The van der Waals surface area contributed by atoms with Crippen molar-refractivity contribution in [2.24, 2.45) is 0 Å². The quantitative estimate of drug-likeness (QED) is 0.119. The molecule has 0 spiro atoms. The lowest BCUT2D eigenvalue weighted by molar-refractivity contribution is -0.236. The predicted molar refractivity (Wildman–Crippen MR) is 205 cm³/mol. The van der Waals surface area contributed by atoms with Crippen LogP contribution in [0.4, 0.5) is 14.6 Å². The molecule has 10 atom stereocenters. The minimum absolute atomic E-state index is 0. The van der Waals surface area contributed by atoms with Crippen molar-refractivity contribution in [3.63, 3.8) is 0 Å². The van der Waals surface area contributed by atoms with Gasteiger partial charge in [-0.05, 0) is 48.1 Å². The Morgan fingerprint density at radius 2 is 1.65 bits per heavy atom. The molecule has 21 nitrogen and oxygen atoms in total. The molecule has 3 saturated heterocycles. The molecule has 3 fully saturated rings. The number of halogens is 2. The minimum atomic E-state index is -5.52. The van der Waals surface area contributed by atoms with Crippen molar-refractivity contribution in [3.8, 4) is 5.75 Å². The monoisotopic (exact) mass is 896 g/mol. The molecule has 0 amide bonds. The average molecular weight is 897 g/mol. The minimum Gasteiger partial charge on any atom is -0.756 e. The van der Waals surface area contributed by atoms with Crippen LogP contribution in [0.3, 0.4) is 0 Å². The van der Waals surface area contributed by atoms with Gasteiger partial charge in [-0.25, -0.2) is 37.9 Å². The van der Waals surface area contributed by atoms with Crippen LogP contribution in [0, 0.1) is 6.92 Å². The number of nitrogens with zero attached hydrogens (tertiary/aromatic N) is 5. The number of nitrogens with two attached hydrogens (primary N) is 1. The van der Waals surface area contributed by atoms with E-state index < -0.39 is 94.3 Å². The molecule has 0 radical (unpaired) electrons. The molecule has 60 heavy (non-hydrogen) atoms. The van der Waals surface area contributed by atoms with Crippen molar-refractivity contribution in [1.82, 2.24) is 35.2 Å². The van der Waals surface area contributed by atoms with Crippen molar-refractivity contribution < 1.29 is 59.9 Å². The number of alkyl halides is 2. The Labute approximate surface area is 341 Å². The number of H-pyrrole nitrogens is 1. The highest BCUT2D eigenvalue weighted by molar-refractivity contribution is 8.54. The fraction of sp³-hybridized carbons (Fsp3) is 0.353. The molecule has 3 aromatic heterocycles. The van der Waals surface area contributed by atoms with Gasteiger partial charge in [0.25, 0.3) is 13.4 Å². The Hall–Kier alpha value is -4.71. The van der Waals surface area contributed by atoms with E-state index in [1.54, 1.807) is 36.4 Å². The Bertz CT molecular complexity index is 2590. The molecule has 26 heteroatoms. The molecule has 0 saturated carbocycles. The van der Waals surface area contributed by atoms with E-state index in [1.165, 1.54) is 16.7 Å². The molecule has 1 unspecified atom stereocenters. The number of nitrogens with one attached hydrogen (secondary N) is 1. The van der Waals surface area contributed by atoms with Crippen molar-refractivity contribution >= 4 is 49.0 Å². The summed E-state index contributed by atoms with van der Waals surface area (Å²) in [6.45, 7) is -4.67. The van der Waals surface area contributed by atoms with Crippen LogP contribution in [0.5, 0.6) is 5.75 Å². The Kier molecular flexibility index (Phi) is 12.5. The van der Waals surface area contributed by atoms with Gasteiger partial charge >= 0.3 is 18.5 Å². The highest BCUT2D eigenvalue weighted by atomic mass is 32.7. The van der Waals surface area contributed by atoms with E-state index in [4.69, 9.17) is 38.0 Å². The van der Waals surface area contributed by atoms with Gasteiger partial charge in [-0.1, -0.05) is 29.8 Å². The zero-order valence-corrected chi connectivity index (χ0v) is 34.0. The van der Waals surface area contributed by atoms with Crippen molar-refractivity contribution in [3.05, 3.63) is 111 Å². The third kappa shape index (κ3) is 8.99. The van der Waals surface area contributed by atoms with Gasteiger partial charge in [0.2, 0.25) is 0 Å². The molecule has 7 N–H and O–H groups in total. The SMILES string of the molecule is Cc1ccc(C(=O)Oc2ccc(CS[P@@]3(=O)OC[C@H]4O[C@@H](n5cnc6c(N)ncnc65)[C@H](OP(=O)([O-])OC[C@H]5O[C@@H](n6ccc(=O)[nH]c6=O)[C@H](F)[C@@H]5O3)[C@@H]4F)cc2)cc1.[NH4+]. The largest absolute Gasteiger partial charge is 0.756 e. The number of anilines is 1. The summed E-state index contributed by atoms with van der Waals surface area (Å²) < 4.78 is 101. The van der Waals surface area contributed by atoms with E-state index in [0.717, 1.165) is 30.5 Å². The van der Waals surface area contributed by atoms with E-state index >= 15 is 8.78 Å². The standard InChI is InChI=1S/C34H33F2N7O13P2S.H3N/c1-17-2-6-19(7-3-17)33(45)52-20-8-4-18(5-9-20)14-59-58(49)51-12-21-24(35)28(32(53-21)43-16-40-26-29(37)38-15-39-30(26)43)55-57(47,48)50-13-22-27(56-58)25(36)31(54-22)42-11-10-23(44)41-34(42)46;/h2-11,15-16,21-22,24-25,27-28,31-32H,12-14H2,1H3,(H,47,48)(H2,37,38,39)(H,41,44,46);1H3/t21-,22-,24-,25-,27-,28-,31-,32-,58+;/m1./s1. The van der Waals surface area contributed by atoms with Crippen molar-refractivity contribution in [1.29, 1.82) is 0 Å². The number of imidazole rings is 1. The number of carbonyl (C=O) groups excluding carboxylic acids is 1. The van der Waals surface area contributed by atoms with Gasteiger partial charge in [0.05, 0.1) is 25.1 Å². The van der Waals surface area contributed by atoms with E-state index in [2.05, 4.69) is 15.0 Å². The number of aromatic amines is 1. The lowest BCUT2D eigenvalue weighted by atomic mass is 10.1.